The third kappa shape index (κ3) is 3.50. The van der Waals surface area contributed by atoms with E-state index in [2.05, 4.69) is 19.2 Å². The van der Waals surface area contributed by atoms with Gasteiger partial charge in [-0.25, -0.2) is 0 Å². The number of carbonyl (C=O) groups excluding carboxylic acids is 2. The van der Waals surface area contributed by atoms with Crippen molar-refractivity contribution in [3.8, 4) is 0 Å². The van der Waals surface area contributed by atoms with Crippen molar-refractivity contribution in [3.05, 3.63) is 23.5 Å². The van der Waals surface area contributed by atoms with Crippen molar-refractivity contribution in [2.45, 2.75) is 65.0 Å². The van der Waals surface area contributed by atoms with Crippen LogP contribution in [0.5, 0.6) is 0 Å². The van der Waals surface area contributed by atoms with Crippen molar-refractivity contribution in [3.63, 3.8) is 0 Å². The number of carbonyl (C=O) groups is 2. The molecule has 1 amide bonds. The average Bonchev–Trinajstić information content (AvgIpc) is 2.75. The zero-order chi connectivity index (χ0) is 14.5. The van der Waals surface area contributed by atoms with Crippen LogP contribution in [0.25, 0.3) is 0 Å². The van der Waals surface area contributed by atoms with Gasteiger partial charge in [-0.3, -0.25) is 9.59 Å². The minimum absolute atomic E-state index is 0.0244. The standard InChI is InChI=1S/C16H24N2O2/c1-3-13(4-2)17-16(20)11-18-9-12-7-5-6-8-15(19)14(12)10-18/h9-10,13H,3-8,11H2,1-2H3,(H,17,20). The Morgan fingerprint density at radius 1 is 1.25 bits per heavy atom. The van der Waals surface area contributed by atoms with Crippen LogP contribution in [0.4, 0.5) is 0 Å². The number of ketones is 1. The molecule has 0 spiro atoms. The lowest BCUT2D eigenvalue weighted by molar-refractivity contribution is -0.122. The second-order valence-corrected chi connectivity index (χ2v) is 5.58. The summed E-state index contributed by atoms with van der Waals surface area (Å²) in [5.41, 5.74) is 1.92. The first kappa shape index (κ1) is 14.8. The largest absolute Gasteiger partial charge is 0.352 e. The molecule has 0 radical (unpaired) electrons. The molecule has 0 saturated heterocycles. The van der Waals surface area contributed by atoms with E-state index in [1.807, 2.05) is 17.0 Å². The highest BCUT2D eigenvalue weighted by molar-refractivity contribution is 5.97. The average molecular weight is 276 g/mol. The number of fused-ring (bicyclic) bond motifs is 1. The molecule has 0 fully saturated rings. The van der Waals surface area contributed by atoms with E-state index in [-0.39, 0.29) is 17.7 Å². The second kappa shape index (κ2) is 6.73. The first-order chi connectivity index (χ1) is 9.63. The third-order valence-corrected chi connectivity index (χ3v) is 4.04. The van der Waals surface area contributed by atoms with Crippen LogP contribution in [-0.2, 0) is 17.8 Å². The molecule has 1 N–H and O–H groups in total. The summed E-state index contributed by atoms with van der Waals surface area (Å²) in [6.45, 7) is 4.45. The van der Waals surface area contributed by atoms with E-state index < -0.39 is 0 Å². The molecule has 0 atom stereocenters. The summed E-state index contributed by atoms with van der Waals surface area (Å²) < 4.78 is 1.85. The normalized spacial score (nSPS) is 15.1. The van der Waals surface area contributed by atoms with Gasteiger partial charge in [0.1, 0.15) is 6.54 Å². The van der Waals surface area contributed by atoms with Gasteiger partial charge in [0.2, 0.25) is 5.91 Å². The maximum atomic E-state index is 12.0. The highest BCUT2D eigenvalue weighted by atomic mass is 16.2. The molecule has 2 rings (SSSR count). The van der Waals surface area contributed by atoms with Crippen molar-refractivity contribution < 1.29 is 9.59 Å². The highest BCUT2D eigenvalue weighted by Gasteiger charge is 2.18. The molecule has 0 saturated carbocycles. The van der Waals surface area contributed by atoms with Crippen molar-refractivity contribution in [2.75, 3.05) is 0 Å². The summed E-state index contributed by atoms with van der Waals surface area (Å²) in [4.78, 5) is 23.9. The molecule has 110 valence electrons. The van der Waals surface area contributed by atoms with Crippen molar-refractivity contribution >= 4 is 11.7 Å². The summed E-state index contributed by atoms with van der Waals surface area (Å²) in [6.07, 6.45) is 9.32. The minimum atomic E-state index is 0.0244. The van der Waals surface area contributed by atoms with Crippen molar-refractivity contribution in [1.29, 1.82) is 0 Å². The molecule has 4 heteroatoms. The van der Waals surface area contributed by atoms with Gasteiger partial charge in [0, 0.05) is 30.4 Å². The van der Waals surface area contributed by atoms with Gasteiger partial charge in [0.25, 0.3) is 0 Å². The summed E-state index contributed by atoms with van der Waals surface area (Å²) in [6, 6.07) is 0.248. The number of Topliss-reactive ketones (excluding diaryl/α,β-unsaturated/α-hetero) is 1. The summed E-state index contributed by atoms with van der Waals surface area (Å²) in [5, 5.41) is 3.02. The maximum absolute atomic E-state index is 12.0. The molecule has 1 aromatic rings. The fourth-order valence-electron chi connectivity index (χ4n) is 2.76. The fraction of sp³-hybridized carbons (Fsp3) is 0.625. The van der Waals surface area contributed by atoms with Gasteiger partial charge < -0.3 is 9.88 Å². The molecule has 20 heavy (non-hydrogen) atoms. The SMILES string of the molecule is CCC(CC)NC(=O)Cn1cc2c(c1)C(=O)CCCC2. The predicted octanol–water partition coefficient (Wildman–Crippen LogP) is 2.70. The third-order valence-electron chi connectivity index (χ3n) is 4.04. The Morgan fingerprint density at radius 3 is 2.65 bits per heavy atom. The molecule has 0 bridgehead atoms. The summed E-state index contributed by atoms with van der Waals surface area (Å²) >= 11 is 0. The first-order valence-electron chi connectivity index (χ1n) is 7.65. The Morgan fingerprint density at radius 2 is 1.95 bits per heavy atom. The Kier molecular flexibility index (Phi) is 4.99. The number of nitrogens with one attached hydrogen (secondary N) is 1. The van der Waals surface area contributed by atoms with Gasteiger partial charge in [-0.2, -0.15) is 0 Å². The van der Waals surface area contributed by atoms with Gasteiger partial charge >= 0.3 is 0 Å². The second-order valence-electron chi connectivity index (χ2n) is 5.58. The number of amides is 1. The smallest absolute Gasteiger partial charge is 0.240 e. The molecule has 0 unspecified atom stereocenters. The summed E-state index contributed by atoms with van der Waals surface area (Å²) in [7, 11) is 0. The van der Waals surface area contributed by atoms with Crippen LogP contribution in [-0.4, -0.2) is 22.3 Å². The number of rotatable bonds is 5. The van der Waals surface area contributed by atoms with Crippen LogP contribution >= 0.6 is 0 Å². The number of aryl methyl sites for hydroxylation is 1. The highest BCUT2D eigenvalue weighted by Crippen LogP contribution is 2.21. The first-order valence-corrected chi connectivity index (χ1v) is 7.65. The molecule has 1 aromatic heterocycles. The Labute approximate surface area is 120 Å². The number of hydrogen-bond donors (Lipinski definition) is 1. The van der Waals surface area contributed by atoms with Gasteiger partial charge in [-0.1, -0.05) is 13.8 Å². The van der Waals surface area contributed by atoms with Gasteiger partial charge in [-0.05, 0) is 37.7 Å². The van der Waals surface area contributed by atoms with Crippen LogP contribution < -0.4 is 5.32 Å². The van der Waals surface area contributed by atoms with Crippen LogP contribution in [0, 0.1) is 0 Å². The van der Waals surface area contributed by atoms with E-state index in [9.17, 15) is 9.59 Å². The topological polar surface area (TPSA) is 51.1 Å². The van der Waals surface area contributed by atoms with Crippen LogP contribution in [0.2, 0.25) is 0 Å². The fourth-order valence-corrected chi connectivity index (χ4v) is 2.76. The van der Waals surface area contributed by atoms with Gasteiger partial charge in [0.05, 0.1) is 0 Å². The Bertz CT molecular complexity index is 487. The zero-order valence-corrected chi connectivity index (χ0v) is 12.4. The van der Waals surface area contributed by atoms with E-state index in [1.54, 1.807) is 0 Å². The lowest BCUT2D eigenvalue weighted by atomic mass is 10.1. The van der Waals surface area contributed by atoms with Gasteiger partial charge in [0.15, 0.2) is 5.78 Å². The molecular weight excluding hydrogens is 252 g/mol. The van der Waals surface area contributed by atoms with Crippen LogP contribution in [0.15, 0.2) is 12.4 Å². The van der Waals surface area contributed by atoms with E-state index in [0.717, 1.165) is 43.2 Å². The number of aromatic nitrogens is 1. The molecular formula is C16H24N2O2. The minimum Gasteiger partial charge on any atom is -0.352 e. The van der Waals surface area contributed by atoms with Crippen molar-refractivity contribution in [1.82, 2.24) is 9.88 Å². The molecule has 1 heterocycles. The zero-order valence-electron chi connectivity index (χ0n) is 12.4. The van der Waals surface area contributed by atoms with Gasteiger partial charge in [-0.15, -0.1) is 0 Å². The maximum Gasteiger partial charge on any atom is 0.240 e. The van der Waals surface area contributed by atoms with E-state index in [1.165, 1.54) is 0 Å². The monoisotopic (exact) mass is 276 g/mol. The molecule has 4 nitrogen and oxygen atoms in total. The Hall–Kier alpha value is -1.58. The lowest BCUT2D eigenvalue weighted by Gasteiger charge is -2.14. The quantitative estimate of drug-likeness (QED) is 0.841. The predicted molar refractivity (Wildman–Crippen MR) is 78.8 cm³/mol. The Balaban J connectivity index is 2.02. The van der Waals surface area contributed by atoms with Crippen LogP contribution in [0.3, 0.4) is 0 Å². The van der Waals surface area contributed by atoms with Crippen molar-refractivity contribution in [2.24, 2.45) is 0 Å². The van der Waals surface area contributed by atoms with Crippen LogP contribution in [0.1, 0.15) is 61.9 Å². The molecule has 0 aromatic carbocycles. The number of nitrogens with zero attached hydrogens (tertiary/aromatic N) is 1. The van der Waals surface area contributed by atoms with E-state index in [0.29, 0.717) is 13.0 Å². The van der Waals surface area contributed by atoms with E-state index in [4.69, 9.17) is 0 Å². The molecule has 1 aliphatic rings. The number of hydrogen-bond acceptors (Lipinski definition) is 2. The molecule has 0 aliphatic heterocycles. The lowest BCUT2D eigenvalue weighted by Crippen LogP contribution is -2.36. The van der Waals surface area contributed by atoms with E-state index >= 15 is 0 Å². The summed E-state index contributed by atoms with van der Waals surface area (Å²) in [5.74, 6) is 0.243. The molecule has 1 aliphatic carbocycles.